The lowest BCUT2D eigenvalue weighted by Crippen LogP contribution is -2.24. The number of hydrazone groups is 1. The lowest BCUT2D eigenvalue weighted by molar-refractivity contribution is -0.384. The number of nitro groups is 1. The maximum absolute atomic E-state index is 11.0. The first kappa shape index (κ1) is 18.9. The van der Waals surface area contributed by atoms with Crippen molar-refractivity contribution in [3.63, 3.8) is 0 Å². The summed E-state index contributed by atoms with van der Waals surface area (Å²) in [7, 11) is 0. The van der Waals surface area contributed by atoms with Crippen LogP contribution in [0.3, 0.4) is 0 Å². The fourth-order valence-electron chi connectivity index (χ4n) is 1.95. The minimum atomic E-state index is -0.488. The van der Waals surface area contributed by atoms with Crippen LogP contribution in [0.25, 0.3) is 0 Å². The van der Waals surface area contributed by atoms with Crippen LogP contribution in [0.5, 0.6) is 0 Å². The molecule has 0 aliphatic rings. The minimum absolute atomic E-state index is 0.0101. The lowest BCUT2D eigenvalue weighted by Gasteiger charge is -2.11. The highest BCUT2D eigenvalue weighted by atomic mass is 35.5. The number of nitro benzene ring substituents is 1. The normalized spacial score (nSPS) is 10.6. The molecule has 130 valence electrons. The quantitative estimate of drug-likeness (QED) is 0.297. The molecule has 0 bridgehead atoms. The van der Waals surface area contributed by atoms with Gasteiger partial charge in [-0.3, -0.25) is 15.5 Å². The highest BCUT2D eigenvalue weighted by molar-refractivity contribution is 7.80. The standard InChI is InChI=1S/C15H13Cl2N5O2S/c16-11-2-1-9(13(17)6-11)7-19-14-4-3-12(22(23)24)5-10(14)8-20-21-15(18)25/h1-6,8,19H,7H2,(H3,18,21,25). The number of nitrogens with two attached hydrogens (primary N) is 1. The average Bonchev–Trinajstić information content (AvgIpc) is 2.54. The summed E-state index contributed by atoms with van der Waals surface area (Å²) in [6.45, 7) is 0.400. The third kappa shape index (κ3) is 5.56. The van der Waals surface area contributed by atoms with Gasteiger partial charge < -0.3 is 11.1 Å². The van der Waals surface area contributed by atoms with E-state index in [4.69, 9.17) is 28.9 Å². The van der Waals surface area contributed by atoms with Crippen LogP contribution >= 0.6 is 35.4 Å². The van der Waals surface area contributed by atoms with Gasteiger partial charge in [0.25, 0.3) is 5.69 Å². The molecule has 0 aliphatic heterocycles. The van der Waals surface area contributed by atoms with E-state index < -0.39 is 4.92 Å². The molecule has 0 saturated carbocycles. The van der Waals surface area contributed by atoms with Gasteiger partial charge in [-0.1, -0.05) is 29.3 Å². The van der Waals surface area contributed by atoms with Crippen LogP contribution in [0.2, 0.25) is 10.0 Å². The van der Waals surface area contributed by atoms with E-state index in [-0.39, 0.29) is 10.8 Å². The molecular formula is C15H13Cl2N5O2S. The molecule has 10 heteroatoms. The van der Waals surface area contributed by atoms with Gasteiger partial charge in [-0.05, 0) is 36.0 Å². The molecule has 0 saturated heterocycles. The molecule has 0 unspecified atom stereocenters. The van der Waals surface area contributed by atoms with Crippen LogP contribution in [0.15, 0.2) is 41.5 Å². The van der Waals surface area contributed by atoms with Gasteiger partial charge in [-0.2, -0.15) is 5.10 Å². The molecule has 0 aromatic heterocycles. The van der Waals surface area contributed by atoms with Crippen molar-refractivity contribution < 1.29 is 4.92 Å². The van der Waals surface area contributed by atoms with Gasteiger partial charge in [0.2, 0.25) is 0 Å². The molecule has 7 nitrogen and oxygen atoms in total. The zero-order valence-electron chi connectivity index (χ0n) is 12.7. The molecule has 0 radical (unpaired) electrons. The smallest absolute Gasteiger partial charge is 0.270 e. The molecule has 0 amide bonds. The Morgan fingerprint density at radius 2 is 2.08 bits per heavy atom. The second-order valence-electron chi connectivity index (χ2n) is 4.85. The van der Waals surface area contributed by atoms with E-state index in [2.05, 4.69) is 28.1 Å². The number of anilines is 1. The SMILES string of the molecule is NC(=S)NN=Cc1cc([N+](=O)[O-])ccc1NCc1ccc(Cl)cc1Cl. The minimum Gasteiger partial charge on any atom is -0.380 e. The maximum atomic E-state index is 11.0. The van der Waals surface area contributed by atoms with Gasteiger partial charge in [0.05, 0.1) is 11.1 Å². The molecule has 2 aromatic rings. The number of nitrogens with one attached hydrogen (secondary N) is 2. The third-order valence-corrected chi connectivity index (χ3v) is 3.79. The molecule has 2 rings (SSSR count). The van der Waals surface area contributed by atoms with Crippen molar-refractivity contribution in [3.05, 3.63) is 67.7 Å². The summed E-state index contributed by atoms with van der Waals surface area (Å²) in [6.07, 6.45) is 1.39. The Labute approximate surface area is 159 Å². The Morgan fingerprint density at radius 3 is 2.72 bits per heavy atom. The molecule has 0 aliphatic carbocycles. The Balaban J connectivity index is 2.24. The summed E-state index contributed by atoms with van der Waals surface area (Å²) in [5, 5.41) is 19.0. The van der Waals surface area contributed by atoms with Gasteiger partial charge in [-0.25, -0.2) is 0 Å². The van der Waals surface area contributed by atoms with Crippen LogP contribution in [0.4, 0.5) is 11.4 Å². The van der Waals surface area contributed by atoms with Crippen LogP contribution in [0, 0.1) is 10.1 Å². The Morgan fingerprint density at radius 1 is 1.32 bits per heavy atom. The van der Waals surface area contributed by atoms with Crippen LogP contribution < -0.4 is 16.5 Å². The highest BCUT2D eigenvalue weighted by Crippen LogP contribution is 2.24. The van der Waals surface area contributed by atoms with E-state index in [1.807, 2.05) is 0 Å². The van der Waals surface area contributed by atoms with Gasteiger partial charge in [0.15, 0.2) is 5.11 Å². The van der Waals surface area contributed by atoms with Crippen LogP contribution in [-0.4, -0.2) is 16.3 Å². The molecule has 0 fully saturated rings. The summed E-state index contributed by atoms with van der Waals surface area (Å²) in [5.41, 5.74) is 9.58. The largest absolute Gasteiger partial charge is 0.380 e. The van der Waals surface area contributed by atoms with Gasteiger partial charge in [0.1, 0.15) is 0 Å². The van der Waals surface area contributed by atoms with Crippen molar-refractivity contribution in [1.82, 2.24) is 5.43 Å². The predicted octanol–water partition coefficient (Wildman–Crippen LogP) is 3.68. The number of thiocarbonyl (C=S) groups is 1. The topological polar surface area (TPSA) is 106 Å². The predicted molar refractivity (Wildman–Crippen MR) is 104 cm³/mol. The Hall–Kier alpha value is -2.42. The number of hydrogen-bond acceptors (Lipinski definition) is 5. The number of halogens is 2. The fourth-order valence-corrected chi connectivity index (χ4v) is 2.48. The molecular weight excluding hydrogens is 385 g/mol. The average molecular weight is 398 g/mol. The number of hydrogen-bond donors (Lipinski definition) is 3. The third-order valence-electron chi connectivity index (χ3n) is 3.11. The Bertz CT molecular complexity index is 845. The van der Waals surface area contributed by atoms with Crippen LogP contribution in [-0.2, 0) is 6.54 Å². The number of rotatable bonds is 6. The van der Waals surface area contributed by atoms with Gasteiger partial charge in [-0.15, -0.1) is 0 Å². The van der Waals surface area contributed by atoms with E-state index in [0.29, 0.717) is 27.8 Å². The van der Waals surface area contributed by atoms with Crippen molar-refractivity contribution in [1.29, 1.82) is 0 Å². The molecule has 0 atom stereocenters. The summed E-state index contributed by atoms with van der Waals surface area (Å²) in [4.78, 5) is 10.5. The van der Waals surface area contributed by atoms with Crippen molar-refractivity contribution >= 4 is 58.1 Å². The van der Waals surface area contributed by atoms with Crippen molar-refractivity contribution in [2.45, 2.75) is 6.54 Å². The number of non-ortho nitro benzene ring substituents is 1. The molecule has 2 aromatic carbocycles. The highest BCUT2D eigenvalue weighted by Gasteiger charge is 2.10. The van der Waals surface area contributed by atoms with E-state index in [1.54, 1.807) is 24.3 Å². The number of benzene rings is 2. The lowest BCUT2D eigenvalue weighted by atomic mass is 10.1. The second-order valence-corrected chi connectivity index (χ2v) is 6.14. The van der Waals surface area contributed by atoms with Crippen molar-refractivity contribution in [3.8, 4) is 0 Å². The van der Waals surface area contributed by atoms with E-state index in [0.717, 1.165) is 5.56 Å². The van der Waals surface area contributed by atoms with E-state index in [1.165, 1.54) is 18.3 Å². The molecule has 0 heterocycles. The first-order valence-electron chi connectivity index (χ1n) is 6.91. The Kier molecular flexibility index (Phi) is 6.51. The fraction of sp³-hybridized carbons (Fsp3) is 0.0667. The van der Waals surface area contributed by atoms with Crippen LogP contribution in [0.1, 0.15) is 11.1 Å². The monoisotopic (exact) mass is 397 g/mol. The second kappa shape index (κ2) is 8.61. The molecule has 4 N–H and O–H groups in total. The first-order chi connectivity index (χ1) is 11.9. The summed E-state index contributed by atoms with van der Waals surface area (Å²) in [6, 6.07) is 9.54. The molecule has 25 heavy (non-hydrogen) atoms. The van der Waals surface area contributed by atoms with Gasteiger partial charge >= 0.3 is 0 Å². The summed E-state index contributed by atoms with van der Waals surface area (Å²) < 4.78 is 0. The van der Waals surface area contributed by atoms with E-state index in [9.17, 15) is 10.1 Å². The zero-order chi connectivity index (χ0) is 18.4. The van der Waals surface area contributed by atoms with Crippen molar-refractivity contribution in [2.24, 2.45) is 10.8 Å². The molecule has 0 spiro atoms. The van der Waals surface area contributed by atoms with E-state index >= 15 is 0 Å². The van der Waals surface area contributed by atoms with Gasteiger partial charge in [0, 0.05) is 40.0 Å². The summed E-state index contributed by atoms with van der Waals surface area (Å²) in [5.74, 6) is 0. The first-order valence-corrected chi connectivity index (χ1v) is 8.08. The van der Waals surface area contributed by atoms with Crippen molar-refractivity contribution in [2.75, 3.05) is 5.32 Å². The maximum Gasteiger partial charge on any atom is 0.270 e. The summed E-state index contributed by atoms with van der Waals surface area (Å²) >= 11 is 16.7. The zero-order valence-corrected chi connectivity index (χ0v) is 15.0. The number of nitrogens with zero attached hydrogens (tertiary/aromatic N) is 2.